The minimum atomic E-state index is -0.355. The Bertz CT molecular complexity index is 1160. The van der Waals surface area contributed by atoms with Crippen LogP contribution in [-0.2, 0) is 4.79 Å². The summed E-state index contributed by atoms with van der Waals surface area (Å²) in [6, 6.07) is 11.1. The molecule has 1 saturated heterocycles. The van der Waals surface area contributed by atoms with Gasteiger partial charge in [0.2, 0.25) is 11.0 Å². The molecule has 2 heterocycles. The quantitative estimate of drug-likeness (QED) is 0.609. The average Bonchev–Trinajstić information content (AvgIpc) is 3.39. The van der Waals surface area contributed by atoms with E-state index in [4.69, 9.17) is 9.47 Å². The molecule has 32 heavy (non-hydrogen) atoms. The topological polar surface area (TPSA) is 93.7 Å². The minimum Gasteiger partial charge on any atom is -0.497 e. The van der Waals surface area contributed by atoms with Gasteiger partial charge in [0, 0.05) is 30.6 Å². The number of carbonyl (C=O) groups is 2. The lowest BCUT2D eigenvalue weighted by molar-refractivity contribution is -0.117. The van der Waals surface area contributed by atoms with Gasteiger partial charge in [-0.05, 0) is 49.2 Å². The molecule has 166 valence electrons. The third-order valence-corrected chi connectivity index (χ3v) is 6.31. The summed E-state index contributed by atoms with van der Waals surface area (Å²) in [7, 11) is 3.04. The first-order valence-corrected chi connectivity index (χ1v) is 10.9. The third-order valence-electron chi connectivity index (χ3n) is 5.31. The van der Waals surface area contributed by atoms with Gasteiger partial charge in [0.05, 0.1) is 19.8 Å². The van der Waals surface area contributed by atoms with Crippen molar-refractivity contribution in [2.45, 2.75) is 26.2 Å². The van der Waals surface area contributed by atoms with E-state index in [1.165, 1.54) is 18.4 Å². The molecule has 0 saturated carbocycles. The average molecular weight is 453 g/mol. The van der Waals surface area contributed by atoms with Gasteiger partial charge >= 0.3 is 0 Å². The van der Waals surface area contributed by atoms with Crippen molar-refractivity contribution in [1.29, 1.82) is 0 Å². The molecule has 4 rings (SSSR count). The standard InChI is InChI=1S/C23H24N4O4S/c1-13-7-14(2)9-16(8-13)27-12-15(10-20(27)28)22-25-26-23(32-22)24-21(29)18-6-5-17(30-3)11-19(18)31-4/h5-9,11,15H,10,12H2,1-4H3,(H,24,26,29)/t15-/m0/s1. The van der Waals surface area contributed by atoms with Crippen LogP contribution in [0.25, 0.3) is 0 Å². The van der Waals surface area contributed by atoms with Crippen LogP contribution in [0, 0.1) is 13.8 Å². The Balaban J connectivity index is 1.47. The van der Waals surface area contributed by atoms with E-state index >= 15 is 0 Å². The number of aryl methyl sites for hydroxylation is 2. The first kappa shape index (κ1) is 21.8. The molecule has 8 nitrogen and oxygen atoms in total. The highest BCUT2D eigenvalue weighted by atomic mass is 32.1. The molecular weight excluding hydrogens is 428 g/mol. The van der Waals surface area contributed by atoms with Gasteiger partial charge in [-0.1, -0.05) is 17.4 Å². The number of hydrogen-bond acceptors (Lipinski definition) is 7. The number of carbonyl (C=O) groups excluding carboxylic acids is 2. The summed E-state index contributed by atoms with van der Waals surface area (Å²) in [6.45, 7) is 4.58. The molecule has 1 atom stereocenters. The van der Waals surface area contributed by atoms with Gasteiger partial charge in [-0.3, -0.25) is 14.9 Å². The first-order chi connectivity index (χ1) is 15.4. The molecule has 1 fully saturated rings. The number of ether oxygens (including phenoxy) is 2. The van der Waals surface area contributed by atoms with Crippen LogP contribution in [0.2, 0.25) is 0 Å². The van der Waals surface area contributed by atoms with Crippen molar-refractivity contribution in [3.63, 3.8) is 0 Å². The molecule has 1 aliphatic rings. The Morgan fingerprint density at radius 3 is 2.53 bits per heavy atom. The zero-order valence-corrected chi connectivity index (χ0v) is 19.2. The Hall–Kier alpha value is -3.46. The number of nitrogens with one attached hydrogen (secondary N) is 1. The summed E-state index contributed by atoms with van der Waals surface area (Å²) in [5, 5.41) is 12.2. The Kier molecular flexibility index (Phi) is 6.09. The van der Waals surface area contributed by atoms with Gasteiger partial charge in [0.1, 0.15) is 16.5 Å². The van der Waals surface area contributed by atoms with Crippen molar-refractivity contribution in [2.75, 3.05) is 31.0 Å². The molecule has 0 spiro atoms. The van der Waals surface area contributed by atoms with E-state index in [1.807, 2.05) is 26.0 Å². The van der Waals surface area contributed by atoms with E-state index in [1.54, 1.807) is 30.2 Å². The maximum Gasteiger partial charge on any atom is 0.261 e. The number of benzene rings is 2. The second kappa shape index (κ2) is 8.96. The lowest BCUT2D eigenvalue weighted by Gasteiger charge is -2.17. The highest BCUT2D eigenvalue weighted by Crippen LogP contribution is 2.35. The predicted molar refractivity (Wildman–Crippen MR) is 123 cm³/mol. The Labute approximate surface area is 190 Å². The molecule has 0 unspecified atom stereocenters. The van der Waals surface area contributed by atoms with Crippen LogP contribution >= 0.6 is 11.3 Å². The lowest BCUT2D eigenvalue weighted by Crippen LogP contribution is -2.24. The largest absolute Gasteiger partial charge is 0.497 e. The number of amides is 2. The third kappa shape index (κ3) is 4.43. The normalized spacial score (nSPS) is 15.7. The molecule has 2 amide bonds. The second-order valence-electron chi connectivity index (χ2n) is 7.72. The molecule has 1 aromatic heterocycles. The van der Waals surface area contributed by atoms with Gasteiger partial charge in [-0.15, -0.1) is 10.2 Å². The number of hydrogen-bond donors (Lipinski definition) is 1. The van der Waals surface area contributed by atoms with Crippen LogP contribution in [0.1, 0.15) is 38.8 Å². The maximum absolute atomic E-state index is 12.7. The maximum atomic E-state index is 12.7. The molecule has 0 aliphatic carbocycles. The van der Waals surface area contributed by atoms with E-state index in [-0.39, 0.29) is 17.7 Å². The van der Waals surface area contributed by atoms with Crippen molar-refractivity contribution in [2.24, 2.45) is 0 Å². The molecular formula is C23H24N4O4S. The fourth-order valence-corrected chi connectivity index (χ4v) is 4.66. The minimum absolute atomic E-state index is 0.0590. The summed E-state index contributed by atoms with van der Waals surface area (Å²) in [5.74, 6) is 0.630. The number of aromatic nitrogens is 2. The highest BCUT2D eigenvalue weighted by Gasteiger charge is 2.34. The lowest BCUT2D eigenvalue weighted by atomic mass is 10.1. The first-order valence-electron chi connectivity index (χ1n) is 10.1. The Morgan fingerprint density at radius 2 is 1.84 bits per heavy atom. The van der Waals surface area contributed by atoms with Crippen LogP contribution in [0.5, 0.6) is 11.5 Å². The van der Waals surface area contributed by atoms with Crippen LogP contribution < -0.4 is 19.7 Å². The molecule has 0 radical (unpaired) electrons. The van der Waals surface area contributed by atoms with Gasteiger partial charge in [-0.2, -0.15) is 0 Å². The Morgan fingerprint density at radius 1 is 1.09 bits per heavy atom. The molecule has 9 heteroatoms. The smallest absolute Gasteiger partial charge is 0.261 e. The molecule has 1 N–H and O–H groups in total. The van der Waals surface area contributed by atoms with Crippen molar-refractivity contribution < 1.29 is 19.1 Å². The summed E-state index contributed by atoms with van der Waals surface area (Å²) >= 11 is 1.28. The van der Waals surface area contributed by atoms with Crippen LogP contribution in [0.4, 0.5) is 10.8 Å². The van der Waals surface area contributed by atoms with E-state index in [0.29, 0.717) is 35.2 Å². The van der Waals surface area contributed by atoms with Crippen LogP contribution in [0.15, 0.2) is 36.4 Å². The molecule has 1 aliphatic heterocycles. The number of methoxy groups -OCH3 is 2. The van der Waals surface area contributed by atoms with Crippen molar-refractivity contribution >= 4 is 34.0 Å². The molecule has 2 aromatic carbocycles. The monoisotopic (exact) mass is 452 g/mol. The summed E-state index contributed by atoms with van der Waals surface area (Å²) in [4.78, 5) is 27.2. The van der Waals surface area contributed by atoms with Gasteiger partial charge < -0.3 is 14.4 Å². The summed E-state index contributed by atoms with van der Waals surface area (Å²) < 4.78 is 10.5. The van der Waals surface area contributed by atoms with E-state index in [2.05, 4.69) is 21.6 Å². The summed E-state index contributed by atoms with van der Waals surface area (Å²) in [5.41, 5.74) is 3.50. The zero-order valence-electron chi connectivity index (χ0n) is 18.3. The fraction of sp³-hybridized carbons (Fsp3) is 0.304. The van der Waals surface area contributed by atoms with Crippen LogP contribution in [-0.4, -0.2) is 42.8 Å². The van der Waals surface area contributed by atoms with Crippen molar-refractivity contribution in [3.05, 3.63) is 58.1 Å². The predicted octanol–water partition coefficient (Wildman–Crippen LogP) is 3.94. The van der Waals surface area contributed by atoms with E-state index < -0.39 is 0 Å². The molecule has 0 bridgehead atoms. The molecule has 3 aromatic rings. The van der Waals surface area contributed by atoms with Crippen LogP contribution in [0.3, 0.4) is 0 Å². The summed E-state index contributed by atoms with van der Waals surface area (Å²) in [6.07, 6.45) is 0.363. The number of anilines is 2. The fourth-order valence-electron chi connectivity index (χ4n) is 3.83. The number of rotatable bonds is 6. The SMILES string of the molecule is COc1ccc(C(=O)Nc2nnc([C@H]3CC(=O)N(c4cc(C)cc(C)c4)C3)s2)c(OC)c1. The van der Waals surface area contributed by atoms with Crippen molar-refractivity contribution in [3.8, 4) is 11.5 Å². The van der Waals surface area contributed by atoms with Crippen molar-refractivity contribution in [1.82, 2.24) is 10.2 Å². The number of nitrogens with zero attached hydrogens (tertiary/aromatic N) is 3. The van der Waals surface area contributed by atoms with E-state index in [0.717, 1.165) is 21.8 Å². The highest BCUT2D eigenvalue weighted by molar-refractivity contribution is 7.15. The van der Waals surface area contributed by atoms with Gasteiger partial charge in [0.15, 0.2) is 0 Å². The van der Waals surface area contributed by atoms with Gasteiger partial charge in [-0.25, -0.2) is 0 Å². The van der Waals surface area contributed by atoms with Gasteiger partial charge in [0.25, 0.3) is 5.91 Å². The zero-order chi connectivity index (χ0) is 22.8. The van der Waals surface area contributed by atoms with E-state index in [9.17, 15) is 9.59 Å². The second-order valence-corrected chi connectivity index (χ2v) is 8.73.